The number of phosphoric acid groups is 2. The molecule has 0 heterocycles. The third-order valence-corrected chi connectivity index (χ3v) is 17.7. The molecule has 0 radical (unpaired) electrons. The second-order valence-corrected chi connectivity index (χ2v) is 27.6. The van der Waals surface area contributed by atoms with Crippen molar-refractivity contribution < 1.29 is 75.8 Å². The molecule has 0 saturated carbocycles. The number of hydrogen-bond donors (Lipinski definition) is 4. The molecule has 0 aliphatic carbocycles. The Labute approximate surface area is 554 Å². The first kappa shape index (κ1) is 88.2. The van der Waals surface area contributed by atoms with Crippen molar-refractivity contribution in [1.29, 1.82) is 0 Å². The van der Waals surface area contributed by atoms with E-state index in [-0.39, 0.29) is 19.3 Å². The minimum Gasteiger partial charge on any atom is -0.463 e. The van der Waals surface area contributed by atoms with E-state index in [0.29, 0.717) is 19.3 Å². The molecule has 0 aromatic rings. The Hall–Kier alpha value is -2.75. The third-order valence-electron chi connectivity index (χ3n) is 15.8. The van der Waals surface area contributed by atoms with Crippen molar-refractivity contribution >= 4 is 33.6 Å². The number of esters is 3. The van der Waals surface area contributed by atoms with E-state index in [4.69, 9.17) is 32.3 Å². The number of ether oxygens (including phenoxy) is 3. The fourth-order valence-electron chi connectivity index (χ4n) is 10.2. The standard InChI is InChI=1S/C73H134O16P2/c1-4-7-10-13-16-19-22-23-24-25-26-27-28-29-30-31-32-33-34-35-36-37-38-39-40-41-42-43-46-48-50-53-56-59-71(76)83-62-68(74)63-85-90(79,80)86-64-69(75)65-87-91(81,82)88-67-70(89-73(78)61-58-55-52-49-45-21-18-15-12-9-6-3)66-84-72(77)60-57-54-51-47-44-20-17-14-11-8-5-2/h7,10,16,19,23-24,26-27,29-30,68-70,74-75H,4-6,8-9,11-15,17-18,20-22,25,28,31-67H2,1-3H3,(H,79,80)(H,81,82)/b10-7-,19-16-,24-23-,27-26-,30-29-. The summed E-state index contributed by atoms with van der Waals surface area (Å²) in [6.45, 7) is 2.58. The molecule has 91 heavy (non-hydrogen) atoms. The Morgan fingerprint density at radius 1 is 0.319 bits per heavy atom. The fourth-order valence-corrected chi connectivity index (χ4v) is 11.8. The van der Waals surface area contributed by atoms with Gasteiger partial charge in [-0.05, 0) is 64.2 Å². The number of carbonyl (C=O) groups excluding carboxylic acids is 3. The van der Waals surface area contributed by atoms with Gasteiger partial charge in [-0.1, -0.05) is 306 Å². The zero-order valence-corrected chi connectivity index (χ0v) is 59.6. The average molecular weight is 1330 g/mol. The van der Waals surface area contributed by atoms with Crippen molar-refractivity contribution in [2.24, 2.45) is 0 Å². The monoisotopic (exact) mass is 1330 g/mol. The van der Waals surface area contributed by atoms with Gasteiger partial charge in [0.1, 0.15) is 25.4 Å². The van der Waals surface area contributed by atoms with Gasteiger partial charge in [0.15, 0.2) is 6.10 Å². The summed E-state index contributed by atoms with van der Waals surface area (Å²) >= 11 is 0. The maximum absolute atomic E-state index is 12.8. The van der Waals surface area contributed by atoms with Gasteiger partial charge >= 0.3 is 33.6 Å². The summed E-state index contributed by atoms with van der Waals surface area (Å²) in [6.07, 6.45) is 70.3. The van der Waals surface area contributed by atoms with Crippen LogP contribution in [0.25, 0.3) is 0 Å². The maximum Gasteiger partial charge on any atom is 0.472 e. The summed E-state index contributed by atoms with van der Waals surface area (Å²) in [5.41, 5.74) is 0. The van der Waals surface area contributed by atoms with Crippen LogP contribution in [-0.4, -0.2) is 95.9 Å². The van der Waals surface area contributed by atoms with Crippen molar-refractivity contribution in [2.75, 3.05) is 39.6 Å². The van der Waals surface area contributed by atoms with E-state index in [1.807, 2.05) is 0 Å². The van der Waals surface area contributed by atoms with Gasteiger partial charge in [0.05, 0.1) is 26.4 Å². The molecule has 0 aliphatic rings. The molecule has 16 nitrogen and oxygen atoms in total. The lowest BCUT2D eigenvalue weighted by Crippen LogP contribution is -2.30. The number of allylic oxidation sites excluding steroid dienone is 10. The van der Waals surface area contributed by atoms with Crippen LogP contribution in [0.5, 0.6) is 0 Å². The van der Waals surface area contributed by atoms with Gasteiger partial charge in [-0.25, -0.2) is 9.13 Å². The molecule has 5 unspecified atom stereocenters. The quantitative estimate of drug-likeness (QED) is 0.0146. The smallest absolute Gasteiger partial charge is 0.463 e. The Bertz CT molecular complexity index is 1910. The summed E-state index contributed by atoms with van der Waals surface area (Å²) in [7, 11) is -9.75. The molecule has 532 valence electrons. The van der Waals surface area contributed by atoms with Gasteiger partial charge in [-0.15, -0.1) is 0 Å². The minimum absolute atomic E-state index is 0.113. The number of unbranched alkanes of at least 4 members (excludes halogenated alkanes) is 37. The van der Waals surface area contributed by atoms with E-state index < -0.39 is 91.5 Å². The van der Waals surface area contributed by atoms with Crippen LogP contribution in [0.15, 0.2) is 60.8 Å². The highest BCUT2D eigenvalue weighted by molar-refractivity contribution is 7.47. The Morgan fingerprint density at radius 3 is 0.923 bits per heavy atom. The molecular weight excluding hydrogens is 1190 g/mol. The van der Waals surface area contributed by atoms with Crippen molar-refractivity contribution in [2.45, 2.75) is 347 Å². The highest BCUT2D eigenvalue weighted by Gasteiger charge is 2.29. The SMILES string of the molecule is CC/C=C\C/C=C\C/C=C\C/C=C\C/C=C\CCCCCCCCCCCCCCCCCCCC(=O)OCC(O)COP(=O)(O)OCC(O)COP(=O)(O)OCC(COC(=O)CCCCCCCCCCCCC)OC(=O)CCCCCCCCCCCCC. The lowest BCUT2D eigenvalue weighted by Gasteiger charge is -2.21. The molecule has 0 rings (SSSR count). The predicted octanol–water partition coefficient (Wildman–Crippen LogP) is 20.5. The van der Waals surface area contributed by atoms with Crippen molar-refractivity contribution in [1.82, 2.24) is 0 Å². The van der Waals surface area contributed by atoms with Crippen LogP contribution < -0.4 is 0 Å². The van der Waals surface area contributed by atoms with Gasteiger partial charge in [0, 0.05) is 19.3 Å². The third kappa shape index (κ3) is 68.4. The van der Waals surface area contributed by atoms with Crippen molar-refractivity contribution in [3.05, 3.63) is 60.8 Å². The van der Waals surface area contributed by atoms with E-state index in [9.17, 15) is 43.5 Å². The Balaban J connectivity index is 4.24. The number of aliphatic hydroxyl groups is 2. The molecule has 0 bridgehead atoms. The highest BCUT2D eigenvalue weighted by Crippen LogP contribution is 2.45. The molecular formula is C73H134O16P2. The van der Waals surface area contributed by atoms with E-state index >= 15 is 0 Å². The number of rotatable bonds is 70. The molecule has 0 fully saturated rings. The maximum atomic E-state index is 12.8. The van der Waals surface area contributed by atoms with Crippen LogP contribution in [-0.2, 0) is 55.8 Å². The second kappa shape index (κ2) is 67.2. The molecule has 0 aromatic heterocycles. The molecule has 18 heteroatoms. The predicted molar refractivity (Wildman–Crippen MR) is 372 cm³/mol. The van der Waals surface area contributed by atoms with Gasteiger partial charge in [0.25, 0.3) is 0 Å². The van der Waals surface area contributed by atoms with Gasteiger partial charge < -0.3 is 34.2 Å². The molecule has 0 amide bonds. The second-order valence-electron chi connectivity index (χ2n) is 24.7. The normalized spacial score (nSPS) is 14.5. The van der Waals surface area contributed by atoms with Crippen LogP contribution in [0.1, 0.15) is 329 Å². The zero-order chi connectivity index (χ0) is 66.7. The van der Waals surface area contributed by atoms with E-state index in [0.717, 1.165) is 96.3 Å². The number of carbonyl (C=O) groups is 3. The molecule has 0 aromatic carbocycles. The van der Waals surface area contributed by atoms with E-state index in [2.05, 4.69) is 81.5 Å². The molecule has 0 saturated heterocycles. The first-order valence-corrected chi connectivity index (χ1v) is 39.6. The Morgan fingerprint density at radius 2 is 0.582 bits per heavy atom. The number of hydrogen-bond acceptors (Lipinski definition) is 14. The Kier molecular flexibility index (Phi) is 65.2. The number of phosphoric ester groups is 2. The van der Waals surface area contributed by atoms with E-state index in [1.54, 1.807) is 0 Å². The molecule has 4 N–H and O–H groups in total. The van der Waals surface area contributed by atoms with Crippen LogP contribution >= 0.6 is 15.6 Å². The summed E-state index contributed by atoms with van der Waals surface area (Å²) in [4.78, 5) is 58.2. The lowest BCUT2D eigenvalue weighted by molar-refractivity contribution is -0.161. The fraction of sp³-hybridized carbons (Fsp3) is 0.822. The largest absolute Gasteiger partial charge is 0.472 e. The summed E-state index contributed by atoms with van der Waals surface area (Å²) < 4.78 is 60.8. The average Bonchev–Trinajstić information content (AvgIpc) is 3.65. The lowest BCUT2D eigenvalue weighted by atomic mass is 10.0. The van der Waals surface area contributed by atoms with E-state index in [1.165, 1.54) is 173 Å². The van der Waals surface area contributed by atoms with Crippen molar-refractivity contribution in [3.8, 4) is 0 Å². The minimum atomic E-state index is -4.91. The van der Waals surface area contributed by atoms with Crippen LogP contribution in [0, 0.1) is 0 Å². The molecule has 0 aliphatic heterocycles. The first-order valence-electron chi connectivity index (χ1n) is 36.6. The molecule has 5 atom stereocenters. The zero-order valence-electron chi connectivity index (χ0n) is 57.8. The van der Waals surface area contributed by atoms with Crippen LogP contribution in [0.4, 0.5) is 0 Å². The van der Waals surface area contributed by atoms with Gasteiger partial charge in [0.2, 0.25) is 0 Å². The van der Waals surface area contributed by atoms with Gasteiger partial charge in [-0.2, -0.15) is 0 Å². The first-order chi connectivity index (χ1) is 44.2. The van der Waals surface area contributed by atoms with Crippen LogP contribution in [0.3, 0.4) is 0 Å². The molecule has 0 spiro atoms. The summed E-state index contributed by atoms with van der Waals surface area (Å²) in [5, 5.41) is 20.5. The van der Waals surface area contributed by atoms with Crippen LogP contribution in [0.2, 0.25) is 0 Å². The number of aliphatic hydroxyl groups excluding tert-OH is 2. The van der Waals surface area contributed by atoms with Crippen molar-refractivity contribution in [3.63, 3.8) is 0 Å². The van der Waals surface area contributed by atoms with Gasteiger partial charge in [-0.3, -0.25) is 32.5 Å². The summed E-state index contributed by atoms with van der Waals surface area (Å²) in [5.74, 6) is -1.55. The highest BCUT2D eigenvalue weighted by atomic mass is 31.2. The summed E-state index contributed by atoms with van der Waals surface area (Å²) in [6, 6.07) is 0. The topological polar surface area (TPSA) is 231 Å².